The first kappa shape index (κ1) is 9.56. The van der Waals surface area contributed by atoms with Crippen LogP contribution in [0.4, 0.5) is 0 Å². The quantitative estimate of drug-likeness (QED) is 0.477. The Morgan fingerprint density at radius 2 is 1.82 bits per heavy atom. The van der Waals surface area contributed by atoms with Gasteiger partial charge in [-0.3, -0.25) is 0 Å². The second kappa shape index (κ2) is 4.39. The highest BCUT2D eigenvalue weighted by Crippen LogP contribution is 1.94. The van der Waals surface area contributed by atoms with Crippen LogP contribution < -0.4 is 5.32 Å². The van der Waals surface area contributed by atoms with Crippen molar-refractivity contribution in [2.75, 3.05) is 0 Å². The summed E-state index contributed by atoms with van der Waals surface area (Å²) in [7, 11) is 0. The Kier molecular flexibility index (Phi) is 3.81. The fourth-order valence-electron chi connectivity index (χ4n) is 0.513. The summed E-state index contributed by atoms with van der Waals surface area (Å²) in [5, 5.41) is 11.5. The number of allylic oxidation sites excluding steroid dienone is 3. The van der Waals surface area contributed by atoms with E-state index in [9.17, 15) is 0 Å². The molecule has 2 nitrogen and oxygen atoms in total. The van der Waals surface area contributed by atoms with Crippen LogP contribution in [-0.2, 0) is 0 Å². The average Bonchev–Trinajstić information content (AvgIpc) is 1.82. The third kappa shape index (κ3) is 6.45. The van der Waals surface area contributed by atoms with E-state index >= 15 is 0 Å². The normalized spacial score (nSPS) is 9.55. The highest BCUT2D eigenvalue weighted by Gasteiger charge is 1.85. The predicted molar refractivity (Wildman–Crippen MR) is 48.0 cm³/mol. The molecule has 0 saturated heterocycles. The largest absolute Gasteiger partial charge is 0.509 e. The highest BCUT2D eigenvalue weighted by molar-refractivity contribution is 5.21. The number of hydrogen-bond acceptors (Lipinski definition) is 2. The Morgan fingerprint density at radius 3 is 2.18 bits per heavy atom. The number of hydrogen-bond donors (Lipinski definition) is 2. The molecule has 2 N–H and O–H groups in total. The van der Waals surface area contributed by atoms with Gasteiger partial charge in [0.15, 0.2) is 0 Å². The maximum absolute atomic E-state index is 8.66. The van der Waals surface area contributed by atoms with Gasteiger partial charge in [0, 0.05) is 11.4 Å². The molecule has 60 valence electrons. The zero-order valence-corrected chi connectivity index (χ0v) is 6.72. The molecule has 0 fully saturated rings. The molecule has 0 aliphatic rings. The van der Waals surface area contributed by atoms with E-state index < -0.39 is 0 Å². The van der Waals surface area contributed by atoms with Gasteiger partial charge >= 0.3 is 0 Å². The van der Waals surface area contributed by atoms with E-state index in [0.29, 0.717) is 5.70 Å². The van der Waals surface area contributed by atoms with Crippen LogP contribution in [0.15, 0.2) is 49.0 Å². The van der Waals surface area contributed by atoms with Crippen molar-refractivity contribution in [3.63, 3.8) is 0 Å². The summed E-state index contributed by atoms with van der Waals surface area (Å²) >= 11 is 0. The third-order valence-electron chi connectivity index (χ3n) is 0.851. The van der Waals surface area contributed by atoms with Gasteiger partial charge in [0.25, 0.3) is 0 Å². The second-order valence-corrected chi connectivity index (χ2v) is 2.26. The molecule has 0 amide bonds. The van der Waals surface area contributed by atoms with E-state index in [1.165, 1.54) is 6.08 Å². The van der Waals surface area contributed by atoms with Crippen LogP contribution in [0.25, 0.3) is 0 Å². The van der Waals surface area contributed by atoms with E-state index in [2.05, 4.69) is 25.1 Å². The zero-order valence-electron chi connectivity index (χ0n) is 6.72. The molecule has 0 bridgehead atoms. The third-order valence-corrected chi connectivity index (χ3v) is 0.851. The van der Waals surface area contributed by atoms with E-state index in [4.69, 9.17) is 5.11 Å². The first-order valence-electron chi connectivity index (χ1n) is 3.19. The lowest BCUT2D eigenvalue weighted by Gasteiger charge is -2.02. The SMILES string of the molecule is C=C(O)/C=C\C(=C)NC(=C)C. The Labute approximate surface area is 67.2 Å². The minimum absolute atomic E-state index is 0.00895. The molecule has 0 aliphatic heterocycles. The van der Waals surface area contributed by atoms with Crippen molar-refractivity contribution >= 4 is 0 Å². The van der Waals surface area contributed by atoms with E-state index in [1.807, 2.05) is 6.92 Å². The van der Waals surface area contributed by atoms with Gasteiger partial charge in [0.1, 0.15) is 5.76 Å². The van der Waals surface area contributed by atoms with E-state index in [0.717, 1.165) is 5.70 Å². The van der Waals surface area contributed by atoms with Gasteiger partial charge in [0.05, 0.1) is 0 Å². The van der Waals surface area contributed by atoms with Crippen molar-refractivity contribution in [3.8, 4) is 0 Å². The summed E-state index contributed by atoms with van der Waals surface area (Å²) in [4.78, 5) is 0. The standard InChI is InChI=1S/C9H13NO/c1-7(2)10-8(3)5-6-9(4)11/h5-6,10-11H,1,3-4H2,2H3/b6-5-. The van der Waals surface area contributed by atoms with Gasteiger partial charge in [0.2, 0.25) is 0 Å². The molecule has 0 unspecified atom stereocenters. The fourth-order valence-corrected chi connectivity index (χ4v) is 0.513. The maximum atomic E-state index is 8.66. The molecule has 11 heavy (non-hydrogen) atoms. The van der Waals surface area contributed by atoms with Crippen LogP contribution in [0.5, 0.6) is 0 Å². The summed E-state index contributed by atoms with van der Waals surface area (Å²) in [5.74, 6) is 0.00895. The molecule has 0 rings (SSSR count). The Morgan fingerprint density at radius 1 is 1.27 bits per heavy atom. The molecule has 0 aromatic heterocycles. The molecule has 0 radical (unpaired) electrons. The van der Waals surface area contributed by atoms with Gasteiger partial charge in [-0.25, -0.2) is 0 Å². The smallest absolute Gasteiger partial charge is 0.108 e. The minimum Gasteiger partial charge on any atom is -0.509 e. The maximum Gasteiger partial charge on any atom is 0.108 e. The number of nitrogens with one attached hydrogen (secondary N) is 1. The van der Waals surface area contributed by atoms with Crippen molar-refractivity contribution in [1.82, 2.24) is 5.32 Å². The molecular weight excluding hydrogens is 138 g/mol. The van der Waals surface area contributed by atoms with Crippen LogP contribution in [0.3, 0.4) is 0 Å². The summed E-state index contributed by atoms with van der Waals surface area (Å²) in [6.45, 7) is 12.4. The molecular formula is C9H13NO. The summed E-state index contributed by atoms with van der Waals surface area (Å²) in [6.07, 6.45) is 3.08. The Hall–Kier alpha value is -1.44. The lowest BCUT2D eigenvalue weighted by atomic mass is 10.3. The molecule has 0 aromatic rings. The minimum atomic E-state index is 0.00895. The summed E-state index contributed by atoms with van der Waals surface area (Å²) in [6, 6.07) is 0. The lowest BCUT2D eigenvalue weighted by Crippen LogP contribution is -2.05. The molecule has 0 aromatic carbocycles. The van der Waals surface area contributed by atoms with Gasteiger partial charge < -0.3 is 10.4 Å². The van der Waals surface area contributed by atoms with Crippen LogP contribution >= 0.6 is 0 Å². The molecule has 0 saturated carbocycles. The molecule has 0 spiro atoms. The van der Waals surface area contributed by atoms with Crippen LogP contribution in [0, 0.1) is 0 Å². The van der Waals surface area contributed by atoms with Gasteiger partial charge in [-0.05, 0) is 19.1 Å². The van der Waals surface area contributed by atoms with Gasteiger partial charge in [-0.2, -0.15) is 0 Å². The number of aliphatic hydroxyl groups is 1. The van der Waals surface area contributed by atoms with Crippen LogP contribution in [-0.4, -0.2) is 5.11 Å². The average molecular weight is 151 g/mol. The van der Waals surface area contributed by atoms with Crippen molar-refractivity contribution in [1.29, 1.82) is 0 Å². The highest BCUT2D eigenvalue weighted by atomic mass is 16.3. The fraction of sp³-hybridized carbons (Fsp3) is 0.111. The Bertz CT molecular complexity index is 214. The van der Waals surface area contributed by atoms with Gasteiger partial charge in [-0.15, -0.1) is 0 Å². The van der Waals surface area contributed by atoms with Crippen molar-refractivity contribution < 1.29 is 5.11 Å². The molecule has 0 atom stereocenters. The molecule has 0 aliphatic carbocycles. The first-order chi connectivity index (χ1) is 5.02. The molecule has 2 heteroatoms. The second-order valence-electron chi connectivity index (χ2n) is 2.26. The summed E-state index contributed by atoms with van der Waals surface area (Å²) in [5.41, 5.74) is 1.48. The van der Waals surface area contributed by atoms with Crippen molar-refractivity contribution in [2.24, 2.45) is 0 Å². The van der Waals surface area contributed by atoms with E-state index in [1.54, 1.807) is 6.08 Å². The number of aliphatic hydroxyl groups excluding tert-OH is 1. The van der Waals surface area contributed by atoms with E-state index in [-0.39, 0.29) is 5.76 Å². The summed E-state index contributed by atoms with van der Waals surface area (Å²) < 4.78 is 0. The van der Waals surface area contributed by atoms with Crippen LogP contribution in [0.2, 0.25) is 0 Å². The topological polar surface area (TPSA) is 32.3 Å². The number of rotatable bonds is 4. The van der Waals surface area contributed by atoms with Gasteiger partial charge in [-0.1, -0.05) is 19.7 Å². The Balaban J connectivity index is 3.88. The zero-order chi connectivity index (χ0) is 8.85. The monoisotopic (exact) mass is 151 g/mol. The lowest BCUT2D eigenvalue weighted by molar-refractivity contribution is 0.435. The van der Waals surface area contributed by atoms with Crippen LogP contribution in [0.1, 0.15) is 6.92 Å². The molecule has 0 heterocycles. The van der Waals surface area contributed by atoms with Crippen molar-refractivity contribution in [3.05, 3.63) is 49.0 Å². The first-order valence-corrected chi connectivity index (χ1v) is 3.19. The van der Waals surface area contributed by atoms with Crippen molar-refractivity contribution in [2.45, 2.75) is 6.92 Å². The predicted octanol–water partition coefficient (Wildman–Crippen LogP) is 2.25.